The van der Waals surface area contributed by atoms with Gasteiger partial charge in [-0.2, -0.15) is 19.0 Å². The molecular formula is C41H33ClF6N10O4S. The van der Waals surface area contributed by atoms with E-state index in [1.165, 1.54) is 29.9 Å². The zero-order valence-corrected chi connectivity index (χ0v) is 35.0. The maximum Gasteiger partial charge on any atom is 0.293 e. The summed E-state index contributed by atoms with van der Waals surface area (Å²) < 4.78 is 119. The lowest BCUT2D eigenvalue weighted by Crippen LogP contribution is -2.38. The van der Waals surface area contributed by atoms with E-state index >= 15 is 13.6 Å². The Kier molecular flexibility index (Phi) is 9.92. The molecule has 3 atom stereocenters. The average Bonchev–Trinajstić information content (AvgIpc) is 3.72. The van der Waals surface area contributed by atoms with Crippen LogP contribution in [0.4, 0.5) is 32.2 Å². The molecule has 1 amide bonds. The molecule has 22 heteroatoms. The highest BCUT2D eigenvalue weighted by Crippen LogP contribution is 2.68. The van der Waals surface area contributed by atoms with Gasteiger partial charge in [-0.3, -0.25) is 38.2 Å². The molecule has 1 saturated carbocycles. The van der Waals surface area contributed by atoms with E-state index < -0.39 is 87.7 Å². The molecule has 63 heavy (non-hydrogen) atoms. The molecule has 326 valence electrons. The number of aromatic nitrogens is 8. The minimum Gasteiger partial charge on any atom is -0.344 e. The minimum atomic E-state index is -3.92. The van der Waals surface area contributed by atoms with Crippen LogP contribution in [0.1, 0.15) is 64.5 Å². The first kappa shape index (κ1) is 42.0. The molecule has 0 radical (unpaired) electrons. The predicted octanol–water partition coefficient (Wildman–Crippen LogP) is 7.09. The van der Waals surface area contributed by atoms with Gasteiger partial charge in [-0.1, -0.05) is 17.7 Å². The fourth-order valence-electron chi connectivity index (χ4n) is 8.61. The summed E-state index contributed by atoms with van der Waals surface area (Å²) in [4.78, 5) is 43.1. The lowest BCUT2D eigenvalue weighted by Gasteiger charge is -2.24. The van der Waals surface area contributed by atoms with Crippen LogP contribution in [0.2, 0.25) is 5.02 Å². The van der Waals surface area contributed by atoms with E-state index in [-0.39, 0.29) is 61.7 Å². The SMILES string of the molecule is Cc1cnc(-c2ccc3c(=O)n(-c4ccc(Cl)c5c(NS(C)(=O)=O)nn(C)c45)c([C@H](Cc4cc(F)cc(F)c4)NC(=O)Cn4nc(C(F)F)c5c4C(F)(F)[C@@H]4C[C@H]54)nc3c2)c(C)n1. The number of benzene rings is 3. The Bertz CT molecular complexity index is 3250. The summed E-state index contributed by atoms with van der Waals surface area (Å²) >= 11 is 6.64. The summed E-state index contributed by atoms with van der Waals surface area (Å²) in [5.74, 6) is -9.06. The molecule has 2 N–H and O–H groups in total. The number of rotatable bonds is 11. The Morgan fingerprint density at radius 2 is 1.76 bits per heavy atom. The molecule has 0 spiro atoms. The highest BCUT2D eigenvalue weighted by atomic mass is 35.5. The van der Waals surface area contributed by atoms with Gasteiger partial charge < -0.3 is 5.32 Å². The molecule has 0 unspecified atom stereocenters. The summed E-state index contributed by atoms with van der Waals surface area (Å²) in [6, 6.07) is 8.52. The van der Waals surface area contributed by atoms with Crippen molar-refractivity contribution in [3.63, 3.8) is 0 Å². The molecule has 14 nitrogen and oxygen atoms in total. The van der Waals surface area contributed by atoms with Crippen molar-refractivity contribution in [1.29, 1.82) is 0 Å². The van der Waals surface area contributed by atoms with E-state index in [9.17, 15) is 30.8 Å². The number of nitrogens with zero attached hydrogens (tertiary/aromatic N) is 8. The second-order valence-electron chi connectivity index (χ2n) is 15.7. The molecule has 9 rings (SSSR count). The molecule has 4 aromatic heterocycles. The summed E-state index contributed by atoms with van der Waals surface area (Å²) in [6.45, 7) is 2.52. The Labute approximate surface area is 358 Å². The molecule has 1 fully saturated rings. The summed E-state index contributed by atoms with van der Waals surface area (Å²) in [5.41, 5.74) is -0.368. The van der Waals surface area contributed by atoms with Crippen molar-refractivity contribution in [1.82, 2.24) is 44.4 Å². The predicted molar refractivity (Wildman–Crippen MR) is 218 cm³/mol. The van der Waals surface area contributed by atoms with E-state index in [4.69, 9.17) is 16.6 Å². The van der Waals surface area contributed by atoms with Crippen molar-refractivity contribution in [2.75, 3.05) is 11.0 Å². The lowest BCUT2D eigenvalue weighted by atomic mass is 10.0. The van der Waals surface area contributed by atoms with Gasteiger partial charge in [-0.25, -0.2) is 31.0 Å². The van der Waals surface area contributed by atoms with E-state index in [1.807, 2.05) is 0 Å². The van der Waals surface area contributed by atoms with Gasteiger partial charge in [0.2, 0.25) is 15.9 Å². The monoisotopic (exact) mass is 910 g/mol. The number of anilines is 1. The number of hydrogen-bond donors (Lipinski definition) is 2. The van der Waals surface area contributed by atoms with Gasteiger partial charge in [-0.05, 0) is 68.1 Å². The Balaban J connectivity index is 1.26. The fraction of sp³-hybridized carbons (Fsp3) is 0.293. The Morgan fingerprint density at radius 1 is 1.03 bits per heavy atom. The third-order valence-corrected chi connectivity index (χ3v) is 12.0. The number of carbonyl (C=O) groups is 1. The molecule has 0 bridgehead atoms. The largest absolute Gasteiger partial charge is 0.344 e. The van der Waals surface area contributed by atoms with Crippen LogP contribution < -0.4 is 15.6 Å². The summed E-state index contributed by atoms with van der Waals surface area (Å²) in [5, 5.41) is 10.9. The third kappa shape index (κ3) is 7.35. The zero-order valence-electron chi connectivity index (χ0n) is 33.4. The average molecular weight is 911 g/mol. The molecule has 2 aliphatic rings. The normalized spacial score (nSPS) is 17.0. The van der Waals surface area contributed by atoms with Crippen LogP contribution in [0.3, 0.4) is 0 Å². The van der Waals surface area contributed by atoms with Crippen molar-refractivity contribution >= 4 is 55.2 Å². The number of aryl methyl sites for hydroxylation is 3. The lowest BCUT2D eigenvalue weighted by molar-refractivity contribution is -0.123. The standard InChI is InChI=1S/C41H33ClF6N10O4S/c1-17-15-49-33(18(2)50-17)20-5-6-23-27(12-20)52-39(58(40(23)60)29-8-7-26(42)32-35(29)56(3)54-38(32)55-63(4,61)62)28(11-19-9-21(43)13-22(44)10-19)51-30(59)16-57-36-31(34(53-57)37(45)46)24-14-25(24)41(36,47)48/h5-10,12-13,15,24-25,28,37H,11,14,16H2,1-4H3,(H,51,59)(H,54,55)/t24-,25+,28-/m0/s1. The van der Waals surface area contributed by atoms with Gasteiger partial charge in [0, 0.05) is 42.8 Å². The number of halogens is 7. The highest BCUT2D eigenvalue weighted by Gasteiger charge is 2.67. The number of hydrogen-bond acceptors (Lipinski definition) is 9. The third-order valence-electron chi connectivity index (χ3n) is 11.1. The molecule has 0 saturated heterocycles. The number of fused-ring (bicyclic) bond motifs is 5. The van der Waals surface area contributed by atoms with Crippen molar-refractivity contribution < 1.29 is 39.6 Å². The maximum absolute atomic E-state index is 15.5. The first-order valence-corrected chi connectivity index (χ1v) is 21.5. The van der Waals surface area contributed by atoms with E-state index in [0.29, 0.717) is 33.4 Å². The maximum atomic E-state index is 15.5. The van der Waals surface area contributed by atoms with Crippen LogP contribution in [0.25, 0.3) is 38.8 Å². The zero-order chi connectivity index (χ0) is 45.0. The van der Waals surface area contributed by atoms with Crippen LogP contribution in [0.15, 0.2) is 59.5 Å². The quantitative estimate of drug-likeness (QED) is 0.129. The van der Waals surface area contributed by atoms with E-state index in [2.05, 4.69) is 30.2 Å². The summed E-state index contributed by atoms with van der Waals surface area (Å²) in [7, 11) is -2.46. The van der Waals surface area contributed by atoms with Crippen LogP contribution >= 0.6 is 11.6 Å². The highest BCUT2D eigenvalue weighted by molar-refractivity contribution is 7.92. The van der Waals surface area contributed by atoms with Gasteiger partial charge in [0.05, 0.1) is 61.9 Å². The first-order chi connectivity index (χ1) is 29.7. The van der Waals surface area contributed by atoms with Crippen molar-refractivity contribution in [2.24, 2.45) is 13.0 Å². The topological polar surface area (TPSA) is 172 Å². The Hall–Kier alpha value is -6.35. The number of amides is 1. The van der Waals surface area contributed by atoms with Crippen molar-refractivity contribution in [3.05, 3.63) is 121 Å². The van der Waals surface area contributed by atoms with Gasteiger partial charge in [0.25, 0.3) is 17.9 Å². The second-order valence-corrected chi connectivity index (χ2v) is 17.9. The first-order valence-electron chi connectivity index (χ1n) is 19.2. The molecule has 0 aliphatic heterocycles. The fourth-order valence-corrected chi connectivity index (χ4v) is 9.34. The van der Waals surface area contributed by atoms with Crippen LogP contribution in [-0.2, 0) is 40.8 Å². The van der Waals surface area contributed by atoms with Crippen LogP contribution in [0.5, 0.6) is 0 Å². The van der Waals surface area contributed by atoms with Crippen molar-refractivity contribution in [2.45, 2.75) is 57.5 Å². The van der Waals surface area contributed by atoms with Gasteiger partial charge >= 0.3 is 0 Å². The summed E-state index contributed by atoms with van der Waals surface area (Å²) in [6.07, 6.45) is -1.23. The second kappa shape index (κ2) is 14.9. The van der Waals surface area contributed by atoms with E-state index in [0.717, 1.165) is 23.0 Å². The number of sulfonamides is 1. The number of carbonyl (C=O) groups excluding carboxylic acids is 1. The molecule has 2 aliphatic carbocycles. The van der Waals surface area contributed by atoms with Gasteiger partial charge in [-0.15, -0.1) is 0 Å². The van der Waals surface area contributed by atoms with Crippen LogP contribution in [-0.4, -0.2) is 59.7 Å². The minimum absolute atomic E-state index is 0.00669. The van der Waals surface area contributed by atoms with E-state index in [1.54, 1.807) is 32.2 Å². The van der Waals surface area contributed by atoms with Gasteiger partial charge in [0.1, 0.15) is 35.4 Å². The smallest absolute Gasteiger partial charge is 0.293 e. The van der Waals surface area contributed by atoms with Crippen molar-refractivity contribution in [3.8, 4) is 16.9 Å². The van der Waals surface area contributed by atoms with Crippen LogP contribution in [0, 0.1) is 31.4 Å². The van der Waals surface area contributed by atoms with Gasteiger partial charge in [0.15, 0.2) is 5.82 Å². The molecule has 4 heterocycles. The Morgan fingerprint density at radius 3 is 2.44 bits per heavy atom. The number of nitrogens with one attached hydrogen (secondary N) is 2. The molecule has 3 aromatic carbocycles. The number of alkyl halides is 4. The molecular weight excluding hydrogens is 878 g/mol. The molecule has 7 aromatic rings.